The minimum Gasteiger partial charge on any atom is -0.342 e. The summed E-state index contributed by atoms with van der Waals surface area (Å²) in [4.78, 5) is 42.7. The van der Waals surface area contributed by atoms with E-state index in [1.165, 1.54) is 25.1 Å². The molecule has 0 saturated carbocycles. The van der Waals surface area contributed by atoms with Crippen molar-refractivity contribution in [2.45, 2.75) is 22.4 Å². The number of rotatable bonds is 4. The number of imide groups is 1. The molecule has 3 N–H and O–H groups in total. The minimum atomic E-state index is -4.30. The third-order valence-electron chi connectivity index (χ3n) is 5.36. The molecular formula is C21H15FN6O7S3. The number of urea groups is 1. The molecular weight excluding hydrogens is 563 g/mol. The van der Waals surface area contributed by atoms with Gasteiger partial charge in [-0.1, -0.05) is 11.3 Å². The highest BCUT2D eigenvalue weighted by Gasteiger charge is 2.36. The Hall–Kier alpha value is -4.22. The minimum absolute atomic E-state index is 0.0120. The van der Waals surface area contributed by atoms with Gasteiger partial charge in [0.15, 0.2) is 5.13 Å². The van der Waals surface area contributed by atoms with Crippen molar-refractivity contribution >= 4 is 72.3 Å². The second kappa shape index (κ2) is 8.96. The van der Waals surface area contributed by atoms with E-state index in [4.69, 9.17) is 0 Å². The van der Waals surface area contributed by atoms with E-state index in [0.717, 1.165) is 29.3 Å². The molecule has 38 heavy (non-hydrogen) atoms. The van der Waals surface area contributed by atoms with Gasteiger partial charge in [0.05, 0.1) is 24.0 Å². The fourth-order valence-electron chi connectivity index (χ4n) is 3.80. The molecule has 13 nitrogen and oxygen atoms in total. The maximum Gasteiger partial charge on any atom is 0.333 e. The molecule has 2 aromatic heterocycles. The van der Waals surface area contributed by atoms with Crippen LogP contribution in [0.3, 0.4) is 0 Å². The van der Waals surface area contributed by atoms with Crippen molar-refractivity contribution in [2.24, 2.45) is 4.40 Å². The van der Waals surface area contributed by atoms with Gasteiger partial charge in [0.25, 0.3) is 26.0 Å². The number of amides is 4. The molecule has 1 aromatic carbocycles. The normalized spacial score (nSPS) is 16.2. The van der Waals surface area contributed by atoms with Crippen molar-refractivity contribution in [1.29, 1.82) is 0 Å². The SMILES string of the molecule is CC1=NS(=O)(=O)c2cc3c(cc2N1)CC(=O)N(c1ccc(NC(=O)NS(=O)(=O)c2ccc(F)s2)cn1)C3=O. The highest BCUT2D eigenvalue weighted by molar-refractivity contribution is 7.92. The number of carbonyl (C=O) groups excluding carboxylic acids is 3. The molecule has 196 valence electrons. The number of pyridine rings is 1. The number of hydrogen-bond acceptors (Lipinski definition) is 10. The highest BCUT2D eigenvalue weighted by Crippen LogP contribution is 2.34. The van der Waals surface area contributed by atoms with Crippen LogP contribution in [0.5, 0.6) is 0 Å². The Morgan fingerprint density at radius 1 is 1.18 bits per heavy atom. The lowest BCUT2D eigenvalue weighted by molar-refractivity contribution is -0.117. The number of nitrogens with zero attached hydrogens (tertiary/aromatic N) is 3. The Kier molecular flexibility index (Phi) is 6.00. The van der Waals surface area contributed by atoms with E-state index >= 15 is 0 Å². The van der Waals surface area contributed by atoms with Crippen LogP contribution in [0.4, 0.5) is 26.4 Å². The summed E-state index contributed by atoms with van der Waals surface area (Å²) in [7, 11) is -8.35. The van der Waals surface area contributed by atoms with E-state index in [1.54, 1.807) is 4.72 Å². The van der Waals surface area contributed by atoms with Crippen LogP contribution in [0.25, 0.3) is 0 Å². The molecule has 0 radical (unpaired) electrons. The molecule has 2 aliphatic rings. The molecule has 0 fully saturated rings. The number of nitrogens with one attached hydrogen (secondary N) is 3. The summed E-state index contributed by atoms with van der Waals surface area (Å²) < 4.78 is 67.3. The topological polar surface area (TPSA) is 184 Å². The van der Waals surface area contributed by atoms with Gasteiger partial charge >= 0.3 is 6.03 Å². The Balaban J connectivity index is 1.35. The first-order chi connectivity index (χ1) is 17.8. The maximum atomic E-state index is 13.2. The molecule has 0 saturated heterocycles. The zero-order valence-electron chi connectivity index (χ0n) is 19.1. The third-order valence-corrected chi connectivity index (χ3v) is 9.46. The zero-order chi connectivity index (χ0) is 27.4. The van der Waals surface area contributed by atoms with E-state index < -0.39 is 47.2 Å². The molecule has 2 aliphatic heterocycles. The van der Waals surface area contributed by atoms with E-state index in [9.17, 15) is 35.6 Å². The maximum absolute atomic E-state index is 13.2. The molecule has 5 rings (SSSR count). The Morgan fingerprint density at radius 3 is 2.61 bits per heavy atom. The van der Waals surface area contributed by atoms with Crippen LogP contribution in [0, 0.1) is 5.13 Å². The third kappa shape index (κ3) is 4.61. The first kappa shape index (κ1) is 25.4. The summed E-state index contributed by atoms with van der Waals surface area (Å²) in [5, 5.41) is 4.31. The molecule has 3 aromatic rings. The number of sulfonamides is 2. The molecule has 0 unspecified atom stereocenters. The van der Waals surface area contributed by atoms with Crippen molar-refractivity contribution in [2.75, 3.05) is 15.5 Å². The van der Waals surface area contributed by atoms with Gasteiger partial charge in [0.1, 0.15) is 20.8 Å². The lowest BCUT2D eigenvalue weighted by atomic mass is 9.97. The van der Waals surface area contributed by atoms with Crippen LogP contribution in [-0.4, -0.2) is 45.5 Å². The van der Waals surface area contributed by atoms with E-state index in [2.05, 4.69) is 20.0 Å². The smallest absolute Gasteiger partial charge is 0.333 e. The van der Waals surface area contributed by atoms with Crippen molar-refractivity contribution in [3.8, 4) is 0 Å². The fraction of sp³-hybridized carbons (Fsp3) is 0.0952. The number of amidine groups is 1. The predicted octanol–water partition coefficient (Wildman–Crippen LogP) is 2.05. The Bertz CT molecular complexity index is 1780. The first-order valence-corrected chi connectivity index (χ1v) is 14.3. The zero-order valence-corrected chi connectivity index (χ0v) is 21.5. The summed E-state index contributed by atoms with van der Waals surface area (Å²) in [6.45, 7) is 1.47. The van der Waals surface area contributed by atoms with Crippen LogP contribution in [0.2, 0.25) is 0 Å². The van der Waals surface area contributed by atoms with E-state index in [0.29, 0.717) is 16.9 Å². The lowest BCUT2D eigenvalue weighted by Gasteiger charge is -2.28. The summed E-state index contributed by atoms with van der Waals surface area (Å²) in [6, 6.07) is 5.90. The summed E-state index contributed by atoms with van der Waals surface area (Å²) in [5.41, 5.74) is 0.551. The van der Waals surface area contributed by atoms with Gasteiger partial charge in [-0.25, -0.2) is 27.8 Å². The summed E-state index contributed by atoms with van der Waals surface area (Å²) >= 11 is 0.342. The number of fused-ring (bicyclic) bond motifs is 2. The van der Waals surface area contributed by atoms with Gasteiger partial charge in [-0.3, -0.25) is 9.59 Å². The number of halogens is 1. The van der Waals surface area contributed by atoms with Gasteiger partial charge in [0.2, 0.25) is 5.91 Å². The molecule has 0 spiro atoms. The molecule has 0 bridgehead atoms. The molecule has 0 aliphatic carbocycles. The van der Waals surface area contributed by atoms with Gasteiger partial charge in [-0.05, 0) is 48.9 Å². The first-order valence-electron chi connectivity index (χ1n) is 10.5. The van der Waals surface area contributed by atoms with Crippen molar-refractivity contribution < 1.29 is 35.6 Å². The summed E-state index contributed by atoms with van der Waals surface area (Å²) in [5.74, 6) is -1.38. The number of hydrogen-bond donors (Lipinski definition) is 3. The van der Waals surface area contributed by atoms with Gasteiger partial charge in [-0.2, -0.15) is 12.8 Å². The van der Waals surface area contributed by atoms with Gasteiger partial charge in [0, 0.05) is 5.56 Å². The second-order valence-corrected chi connectivity index (χ2v) is 12.5. The molecule has 17 heteroatoms. The van der Waals surface area contributed by atoms with Crippen LogP contribution in [-0.2, 0) is 31.3 Å². The van der Waals surface area contributed by atoms with Crippen molar-refractivity contribution in [3.05, 3.63) is 58.9 Å². The fourth-order valence-corrected chi connectivity index (χ4v) is 6.87. The van der Waals surface area contributed by atoms with Gasteiger partial charge in [-0.15, -0.1) is 4.40 Å². The van der Waals surface area contributed by atoms with E-state index in [-0.39, 0.29) is 39.9 Å². The average molecular weight is 579 g/mol. The number of carbonyl (C=O) groups is 3. The monoisotopic (exact) mass is 578 g/mol. The van der Waals surface area contributed by atoms with Crippen LogP contribution in [0.15, 0.2) is 56.1 Å². The largest absolute Gasteiger partial charge is 0.342 e. The van der Waals surface area contributed by atoms with Crippen LogP contribution in [0.1, 0.15) is 22.8 Å². The standard InChI is InChI=1S/C21H15FN6O7S3/c1-10-24-14-6-11-7-18(29)28(20(30)13(11)8-15(14)37(32,33)26-10)17-4-2-12(9-23-17)25-21(31)27-38(34,35)19-5-3-16(22)36-19/h2-6,8-9H,7H2,1H3,(H,24,26)(H2,25,27,31). The quantitative estimate of drug-likeness (QED) is 0.390. The van der Waals surface area contributed by atoms with Gasteiger partial charge < -0.3 is 10.6 Å². The lowest BCUT2D eigenvalue weighted by Crippen LogP contribution is -2.43. The van der Waals surface area contributed by atoms with Crippen molar-refractivity contribution in [3.63, 3.8) is 0 Å². The average Bonchev–Trinajstić information content (AvgIpc) is 3.26. The number of benzene rings is 1. The highest BCUT2D eigenvalue weighted by atomic mass is 32.2. The van der Waals surface area contributed by atoms with E-state index in [1.807, 2.05) is 0 Å². The second-order valence-electron chi connectivity index (χ2n) is 8.02. The summed E-state index contributed by atoms with van der Waals surface area (Å²) in [6.07, 6.45) is 0.874. The Morgan fingerprint density at radius 2 is 1.95 bits per heavy atom. The molecule has 4 heterocycles. The molecule has 4 amide bonds. The predicted molar refractivity (Wildman–Crippen MR) is 134 cm³/mol. The number of thiophene rings is 1. The number of anilines is 3. The van der Waals surface area contributed by atoms with Crippen LogP contribution >= 0.6 is 11.3 Å². The van der Waals surface area contributed by atoms with Crippen LogP contribution < -0.4 is 20.3 Å². The Labute approximate surface area is 218 Å². The van der Waals surface area contributed by atoms with Crippen molar-refractivity contribution in [1.82, 2.24) is 9.71 Å². The molecule has 0 atom stereocenters. The number of aromatic nitrogens is 1.